The molecule has 1 aromatic heterocycles. The van der Waals surface area contributed by atoms with Crippen LogP contribution in [0.25, 0.3) is 0 Å². The zero-order valence-corrected chi connectivity index (χ0v) is 18.4. The third kappa shape index (κ3) is 5.24. The fourth-order valence-electron chi connectivity index (χ4n) is 4.30. The summed E-state index contributed by atoms with van der Waals surface area (Å²) in [4.78, 5) is 7.37. The van der Waals surface area contributed by atoms with Crippen LogP contribution in [0.2, 0.25) is 0 Å². The zero-order valence-electron chi connectivity index (χ0n) is 17.6. The Labute approximate surface area is 173 Å². The van der Waals surface area contributed by atoms with Crippen molar-refractivity contribution in [3.05, 3.63) is 23.7 Å². The molecule has 3 N–H and O–H groups in total. The van der Waals surface area contributed by atoms with Crippen molar-refractivity contribution in [3.8, 4) is 0 Å². The predicted octanol–water partition coefficient (Wildman–Crippen LogP) is 2.71. The standard InChI is InChI=1S/C21H36N4O2S/c1-4-22-19(23-15-20(3,26)18-8-7-17(2)27-18)24-16-21(9-5-6-10-21)25-11-13-28-14-12-25/h7-8,26H,4-6,9-16H2,1-3H3,(H2,22,23,24). The Morgan fingerprint density at radius 1 is 1.29 bits per heavy atom. The summed E-state index contributed by atoms with van der Waals surface area (Å²) in [5.74, 6) is 4.60. The molecule has 0 bridgehead atoms. The lowest BCUT2D eigenvalue weighted by molar-refractivity contribution is 0.0428. The lowest BCUT2D eigenvalue weighted by Crippen LogP contribution is -2.57. The summed E-state index contributed by atoms with van der Waals surface area (Å²) in [5, 5.41) is 17.7. The number of nitrogens with one attached hydrogen (secondary N) is 2. The van der Waals surface area contributed by atoms with Gasteiger partial charge in [0, 0.05) is 43.2 Å². The molecular formula is C21H36N4O2S. The van der Waals surface area contributed by atoms with Crippen LogP contribution < -0.4 is 10.6 Å². The molecular weight excluding hydrogens is 372 g/mol. The van der Waals surface area contributed by atoms with E-state index in [1.54, 1.807) is 6.92 Å². The van der Waals surface area contributed by atoms with Gasteiger partial charge in [-0.1, -0.05) is 12.8 Å². The molecule has 6 nitrogen and oxygen atoms in total. The van der Waals surface area contributed by atoms with Gasteiger partial charge in [-0.15, -0.1) is 0 Å². The molecule has 0 aromatic carbocycles. The summed E-state index contributed by atoms with van der Waals surface area (Å²) in [5.41, 5.74) is -0.871. The molecule has 1 aliphatic heterocycles. The summed E-state index contributed by atoms with van der Waals surface area (Å²) in [6.45, 7) is 10.0. The van der Waals surface area contributed by atoms with E-state index in [1.807, 2.05) is 19.1 Å². The SMILES string of the molecule is CCNC(=NCC(C)(O)c1ccc(C)o1)NCC1(N2CCSCC2)CCCC1. The number of hydrogen-bond donors (Lipinski definition) is 3. The highest BCUT2D eigenvalue weighted by atomic mass is 32.2. The van der Waals surface area contributed by atoms with Crippen molar-refractivity contribution >= 4 is 17.7 Å². The van der Waals surface area contributed by atoms with Crippen LogP contribution in [0, 0.1) is 6.92 Å². The van der Waals surface area contributed by atoms with Gasteiger partial charge in [0.15, 0.2) is 5.96 Å². The van der Waals surface area contributed by atoms with Crippen LogP contribution in [-0.2, 0) is 5.60 Å². The number of rotatable bonds is 7. The van der Waals surface area contributed by atoms with E-state index in [-0.39, 0.29) is 12.1 Å². The molecule has 0 amide bonds. The quantitative estimate of drug-likeness (QED) is 0.476. The van der Waals surface area contributed by atoms with E-state index in [0.717, 1.165) is 24.8 Å². The highest BCUT2D eigenvalue weighted by Crippen LogP contribution is 2.36. The number of hydrogen-bond acceptors (Lipinski definition) is 5. The van der Waals surface area contributed by atoms with E-state index in [0.29, 0.717) is 5.76 Å². The maximum absolute atomic E-state index is 10.8. The van der Waals surface area contributed by atoms with Crippen LogP contribution in [0.5, 0.6) is 0 Å². The van der Waals surface area contributed by atoms with Crippen LogP contribution in [0.1, 0.15) is 51.1 Å². The van der Waals surface area contributed by atoms with E-state index in [4.69, 9.17) is 4.42 Å². The second-order valence-corrected chi connectivity index (χ2v) is 9.49. The van der Waals surface area contributed by atoms with Crippen molar-refractivity contribution in [3.63, 3.8) is 0 Å². The third-order valence-corrected chi connectivity index (χ3v) is 6.90. The number of furan rings is 1. The highest BCUT2D eigenvalue weighted by Gasteiger charge is 2.40. The number of aliphatic imine (C=N–C) groups is 1. The van der Waals surface area contributed by atoms with E-state index >= 15 is 0 Å². The number of aliphatic hydroxyl groups is 1. The van der Waals surface area contributed by atoms with Gasteiger partial charge in [0.05, 0.1) is 6.54 Å². The van der Waals surface area contributed by atoms with Crippen molar-refractivity contribution in [1.29, 1.82) is 0 Å². The molecule has 7 heteroatoms. The van der Waals surface area contributed by atoms with Crippen molar-refractivity contribution in [1.82, 2.24) is 15.5 Å². The highest BCUT2D eigenvalue weighted by molar-refractivity contribution is 7.99. The first-order valence-corrected chi connectivity index (χ1v) is 11.7. The minimum absolute atomic E-state index is 0.248. The summed E-state index contributed by atoms with van der Waals surface area (Å²) in [6, 6.07) is 3.70. The first-order valence-electron chi connectivity index (χ1n) is 10.6. The smallest absolute Gasteiger partial charge is 0.191 e. The molecule has 1 aromatic rings. The summed E-state index contributed by atoms with van der Waals surface area (Å²) in [7, 11) is 0. The zero-order chi connectivity index (χ0) is 20.0. The van der Waals surface area contributed by atoms with E-state index in [9.17, 15) is 5.11 Å². The maximum Gasteiger partial charge on any atom is 0.191 e. The average molecular weight is 409 g/mol. The summed E-state index contributed by atoms with van der Waals surface area (Å²) >= 11 is 2.06. The Kier molecular flexibility index (Phi) is 7.34. The van der Waals surface area contributed by atoms with Gasteiger partial charge in [0.25, 0.3) is 0 Å². The van der Waals surface area contributed by atoms with Crippen molar-refractivity contribution in [2.45, 2.75) is 57.6 Å². The normalized spacial score (nSPS) is 22.8. The average Bonchev–Trinajstić information content (AvgIpc) is 3.35. The first-order chi connectivity index (χ1) is 13.5. The van der Waals surface area contributed by atoms with Gasteiger partial charge >= 0.3 is 0 Å². The molecule has 3 rings (SSSR count). The Balaban J connectivity index is 1.65. The second-order valence-electron chi connectivity index (χ2n) is 8.26. The van der Waals surface area contributed by atoms with Crippen molar-refractivity contribution in [2.24, 2.45) is 4.99 Å². The van der Waals surface area contributed by atoms with Gasteiger partial charge in [-0.2, -0.15) is 11.8 Å². The van der Waals surface area contributed by atoms with Gasteiger partial charge in [0.2, 0.25) is 0 Å². The largest absolute Gasteiger partial charge is 0.463 e. The van der Waals surface area contributed by atoms with Gasteiger partial charge in [-0.05, 0) is 45.7 Å². The molecule has 158 valence electrons. The van der Waals surface area contributed by atoms with Crippen LogP contribution in [0.3, 0.4) is 0 Å². The van der Waals surface area contributed by atoms with Crippen LogP contribution in [-0.4, -0.2) is 65.7 Å². The Hall–Kier alpha value is -1.18. The monoisotopic (exact) mass is 408 g/mol. The Morgan fingerprint density at radius 3 is 2.61 bits per heavy atom. The van der Waals surface area contributed by atoms with Gasteiger partial charge in [0.1, 0.15) is 17.1 Å². The lowest BCUT2D eigenvalue weighted by Gasteiger charge is -2.43. The molecule has 2 heterocycles. The molecule has 1 saturated heterocycles. The number of aryl methyl sites for hydroxylation is 1. The van der Waals surface area contributed by atoms with E-state index in [1.165, 1.54) is 50.3 Å². The van der Waals surface area contributed by atoms with Gasteiger partial charge in [-0.25, -0.2) is 4.99 Å². The summed E-state index contributed by atoms with van der Waals surface area (Å²) < 4.78 is 5.61. The van der Waals surface area contributed by atoms with Gasteiger partial charge in [-0.3, -0.25) is 4.90 Å². The minimum atomic E-state index is -1.12. The van der Waals surface area contributed by atoms with Gasteiger partial charge < -0.3 is 20.2 Å². The van der Waals surface area contributed by atoms with E-state index < -0.39 is 5.60 Å². The molecule has 2 aliphatic rings. The topological polar surface area (TPSA) is 73.0 Å². The molecule has 0 spiro atoms. The molecule has 0 radical (unpaired) electrons. The molecule has 1 unspecified atom stereocenters. The van der Waals surface area contributed by atoms with Crippen molar-refractivity contribution < 1.29 is 9.52 Å². The first kappa shape index (κ1) is 21.5. The number of nitrogens with zero attached hydrogens (tertiary/aromatic N) is 2. The summed E-state index contributed by atoms with van der Waals surface area (Å²) in [6.07, 6.45) is 5.14. The Bertz CT molecular complexity index is 647. The molecule has 1 aliphatic carbocycles. The molecule has 1 saturated carbocycles. The molecule has 1 atom stereocenters. The maximum atomic E-state index is 10.8. The molecule has 2 fully saturated rings. The van der Waals surface area contributed by atoms with Crippen LogP contribution in [0.15, 0.2) is 21.5 Å². The van der Waals surface area contributed by atoms with E-state index in [2.05, 4.69) is 39.2 Å². The van der Waals surface area contributed by atoms with Crippen LogP contribution >= 0.6 is 11.8 Å². The third-order valence-electron chi connectivity index (χ3n) is 5.96. The minimum Gasteiger partial charge on any atom is -0.463 e. The fourth-order valence-corrected chi connectivity index (χ4v) is 5.20. The van der Waals surface area contributed by atoms with Crippen molar-refractivity contribution in [2.75, 3.05) is 44.2 Å². The second kappa shape index (κ2) is 9.55. The number of thioether (sulfide) groups is 1. The lowest BCUT2D eigenvalue weighted by atomic mass is 9.94. The Morgan fingerprint density at radius 2 is 2.00 bits per heavy atom. The van der Waals surface area contributed by atoms with Crippen LogP contribution in [0.4, 0.5) is 0 Å². The fraction of sp³-hybridized carbons (Fsp3) is 0.762. The molecule has 28 heavy (non-hydrogen) atoms. The predicted molar refractivity (Wildman–Crippen MR) is 117 cm³/mol. The number of guanidine groups is 1.